The van der Waals surface area contributed by atoms with Crippen molar-refractivity contribution in [2.75, 3.05) is 17.7 Å². The summed E-state index contributed by atoms with van der Waals surface area (Å²) in [6.45, 7) is 4.26. The number of rotatable bonds is 2. The molecule has 16 heavy (non-hydrogen) atoms. The first-order valence-corrected chi connectivity index (χ1v) is 5.32. The topological polar surface area (TPSA) is 55.0 Å². The highest BCUT2D eigenvalue weighted by Gasteiger charge is 2.10. The molecule has 2 rings (SSSR count). The normalized spacial score (nSPS) is 11.0. The quantitative estimate of drug-likeness (QED) is 0.781. The van der Waals surface area contributed by atoms with Gasteiger partial charge in [0.05, 0.1) is 5.52 Å². The van der Waals surface area contributed by atoms with E-state index >= 15 is 0 Å². The van der Waals surface area contributed by atoms with Gasteiger partial charge in [0.2, 0.25) is 0 Å². The molecular formula is C12H16N4. The van der Waals surface area contributed by atoms with E-state index in [-0.39, 0.29) is 0 Å². The Balaban J connectivity index is 2.62. The summed E-state index contributed by atoms with van der Waals surface area (Å²) in [6, 6.07) is 6.12. The van der Waals surface area contributed by atoms with E-state index in [1.165, 1.54) is 0 Å². The molecule has 0 bridgehead atoms. The zero-order valence-corrected chi connectivity index (χ0v) is 9.81. The number of hydrogen-bond donors (Lipinski definition) is 1. The molecular weight excluding hydrogens is 200 g/mol. The van der Waals surface area contributed by atoms with Gasteiger partial charge in [0.15, 0.2) is 0 Å². The van der Waals surface area contributed by atoms with Crippen molar-refractivity contribution in [1.29, 1.82) is 0 Å². The van der Waals surface area contributed by atoms with Crippen LogP contribution in [0.15, 0.2) is 24.5 Å². The molecule has 0 fully saturated rings. The van der Waals surface area contributed by atoms with E-state index in [4.69, 9.17) is 5.73 Å². The van der Waals surface area contributed by atoms with Crippen LogP contribution in [0, 0.1) is 0 Å². The van der Waals surface area contributed by atoms with Crippen LogP contribution in [0.25, 0.3) is 10.9 Å². The van der Waals surface area contributed by atoms with E-state index in [9.17, 15) is 0 Å². The van der Waals surface area contributed by atoms with Crippen LogP contribution in [-0.2, 0) is 0 Å². The summed E-state index contributed by atoms with van der Waals surface area (Å²) in [5.74, 6) is 0.944. The number of nitrogen functional groups attached to an aromatic ring is 1. The molecule has 0 aliphatic heterocycles. The van der Waals surface area contributed by atoms with Gasteiger partial charge in [-0.1, -0.05) is 0 Å². The van der Waals surface area contributed by atoms with E-state index in [0.29, 0.717) is 6.04 Å². The highest BCUT2D eigenvalue weighted by Crippen LogP contribution is 2.24. The summed E-state index contributed by atoms with van der Waals surface area (Å²) in [4.78, 5) is 10.7. The summed E-state index contributed by atoms with van der Waals surface area (Å²) in [6.07, 6.45) is 1.58. The van der Waals surface area contributed by atoms with Crippen LogP contribution >= 0.6 is 0 Å². The number of anilines is 2. The molecule has 0 saturated heterocycles. The maximum atomic E-state index is 5.74. The fraction of sp³-hybridized carbons (Fsp3) is 0.333. The van der Waals surface area contributed by atoms with Crippen molar-refractivity contribution in [1.82, 2.24) is 9.97 Å². The Bertz CT molecular complexity index is 507. The van der Waals surface area contributed by atoms with Gasteiger partial charge >= 0.3 is 0 Å². The van der Waals surface area contributed by atoms with Crippen LogP contribution in [0.1, 0.15) is 13.8 Å². The van der Waals surface area contributed by atoms with Gasteiger partial charge in [0.25, 0.3) is 0 Å². The van der Waals surface area contributed by atoms with Gasteiger partial charge in [-0.15, -0.1) is 0 Å². The molecule has 4 heteroatoms. The molecule has 1 aromatic carbocycles. The minimum absolute atomic E-state index is 0.399. The smallest absolute Gasteiger partial charge is 0.139 e. The van der Waals surface area contributed by atoms with Gasteiger partial charge in [-0.05, 0) is 32.0 Å². The second-order valence-electron chi connectivity index (χ2n) is 4.18. The first-order valence-electron chi connectivity index (χ1n) is 5.32. The average molecular weight is 216 g/mol. The summed E-state index contributed by atoms with van der Waals surface area (Å²) in [7, 11) is 2.03. The Hall–Kier alpha value is -1.84. The van der Waals surface area contributed by atoms with E-state index in [2.05, 4.69) is 28.7 Å². The number of fused-ring (bicyclic) bond motifs is 1. The first-order chi connectivity index (χ1) is 7.59. The lowest BCUT2D eigenvalue weighted by Gasteiger charge is -2.23. The van der Waals surface area contributed by atoms with Gasteiger partial charge < -0.3 is 10.6 Å². The molecule has 2 aromatic rings. The summed E-state index contributed by atoms with van der Waals surface area (Å²) in [5.41, 5.74) is 7.35. The average Bonchev–Trinajstić information content (AvgIpc) is 2.26. The van der Waals surface area contributed by atoms with Gasteiger partial charge in [0.1, 0.15) is 12.1 Å². The number of nitrogens with zero attached hydrogens (tertiary/aromatic N) is 3. The Morgan fingerprint density at radius 2 is 2.00 bits per heavy atom. The Kier molecular flexibility index (Phi) is 2.64. The molecule has 0 aliphatic rings. The molecule has 1 aromatic heterocycles. The maximum Gasteiger partial charge on any atom is 0.139 e. The molecule has 0 atom stereocenters. The summed E-state index contributed by atoms with van der Waals surface area (Å²) >= 11 is 0. The predicted octanol–water partition coefficient (Wildman–Crippen LogP) is 2.06. The van der Waals surface area contributed by atoms with Crippen LogP contribution in [-0.4, -0.2) is 23.1 Å². The second kappa shape index (κ2) is 3.96. The van der Waals surface area contributed by atoms with Crippen LogP contribution in [0.2, 0.25) is 0 Å². The van der Waals surface area contributed by atoms with Gasteiger partial charge in [-0.25, -0.2) is 9.97 Å². The van der Waals surface area contributed by atoms with Crippen LogP contribution in [0.4, 0.5) is 11.5 Å². The lowest BCUT2D eigenvalue weighted by molar-refractivity contribution is 0.745. The van der Waals surface area contributed by atoms with Crippen LogP contribution in [0.3, 0.4) is 0 Å². The van der Waals surface area contributed by atoms with E-state index in [1.807, 2.05) is 25.2 Å². The molecule has 1 heterocycles. The molecule has 0 saturated carbocycles. The standard InChI is InChI=1S/C12H16N4/c1-8(2)16(3)12-10-5-4-9(13)6-11(10)14-7-15-12/h4-8H,13H2,1-3H3. The van der Waals surface area contributed by atoms with E-state index < -0.39 is 0 Å². The summed E-state index contributed by atoms with van der Waals surface area (Å²) in [5, 5.41) is 1.04. The van der Waals surface area contributed by atoms with Crippen molar-refractivity contribution in [3.05, 3.63) is 24.5 Å². The van der Waals surface area contributed by atoms with Gasteiger partial charge in [-0.2, -0.15) is 0 Å². The molecule has 0 radical (unpaired) electrons. The van der Waals surface area contributed by atoms with Crippen LogP contribution < -0.4 is 10.6 Å². The fourth-order valence-corrected chi connectivity index (χ4v) is 1.59. The highest BCUT2D eigenvalue weighted by molar-refractivity contribution is 5.91. The van der Waals surface area contributed by atoms with Crippen molar-refractivity contribution < 1.29 is 0 Å². The molecule has 0 amide bonds. The van der Waals surface area contributed by atoms with Gasteiger partial charge in [0, 0.05) is 24.2 Å². The lowest BCUT2D eigenvalue weighted by Crippen LogP contribution is -2.26. The molecule has 2 N–H and O–H groups in total. The first kappa shape index (κ1) is 10.7. The summed E-state index contributed by atoms with van der Waals surface area (Å²) < 4.78 is 0. The van der Waals surface area contributed by atoms with Crippen molar-refractivity contribution in [3.63, 3.8) is 0 Å². The van der Waals surface area contributed by atoms with Crippen molar-refractivity contribution in [3.8, 4) is 0 Å². The number of benzene rings is 1. The van der Waals surface area contributed by atoms with Gasteiger partial charge in [-0.3, -0.25) is 0 Å². The molecule has 0 unspecified atom stereocenters. The monoisotopic (exact) mass is 216 g/mol. The third kappa shape index (κ3) is 1.78. The maximum absolute atomic E-state index is 5.74. The molecule has 0 spiro atoms. The Labute approximate surface area is 95.1 Å². The Morgan fingerprint density at radius 1 is 1.25 bits per heavy atom. The SMILES string of the molecule is CC(C)N(C)c1ncnc2cc(N)ccc12. The molecule has 4 nitrogen and oxygen atoms in total. The minimum Gasteiger partial charge on any atom is -0.399 e. The van der Waals surface area contributed by atoms with E-state index in [0.717, 1.165) is 22.4 Å². The molecule has 0 aliphatic carbocycles. The van der Waals surface area contributed by atoms with Crippen LogP contribution in [0.5, 0.6) is 0 Å². The zero-order chi connectivity index (χ0) is 11.7. The van der Waals surface area contributed by atoms with E-state index in [1.54, 1.807) is 6.33 Å². The molecule has 84 valence electrons. The Morgan fingerprint density at radius 3 is 2.69 bits per heavy atom. The highest BCUT2D eigenvalue weighted by atomic mass is 15.2. The third-order valence-electron chi connectivity index (χ3n) is 2.75. The largest absolute Gasteiger partial charge is 0.399 e. The van der Waals surface area contributed by atoms with Crippen molar-refractivity contribution in [2.24, 2.45) is 0 Å². The van der Waals surface area contributed by atoms with Crippen molar-refractivity contribution >= 4 is 22.4 Å². The van der Waals surface area contributed by atoms with Crippen molar-refractivity contribution in [2.45, 2.75) is 19.9 Å². The second-order valence-corrected chi connectivity index (χ2v) is 4.18. The number of aromatic nitrogens is 2. The number of hydrogen-bond acceptors (Lipinski definition) is 4. The zero-order valence-electron chi connectivity index (χ0n) is 9.81. The third-order valence-corrected chi connectivity index (χ3v) is 2.75. The fourth-order valence-electron chi connectivity index (χ4n) is 1.59. The lowest BCUT2D eigenvalue weighted by atomic mass is 10.2. The number of nitrogens with two attached hydrogens (primary N) is 1. The minimum atomic E-state index is 0.399. The predicted molar refractivity (Wildman–Crippen MR) is 67.5 cm³/mol.